The van der Waals surface area contributed by atoms with Gasteiger partial charge in [0, 0.05) is 6.08 Å². The maximum atomic E-state index is 12.0. The molecule has 0 radical (unpaired) electrons. The number of allylic oxidation sites excluding steroid dienone is 3. The lowest BCUT2D eigenvalue weighted by Crippen LogP contribution is -2.08. The van der Waals surface area contributed by atoms with Crippen molar-refractivity contribution >= 4 is 17.6 Å². The summed E-state index contributed by atoms with van der Waals surface area (Å²) >= 11 is 0. The van der Waals surface area contributed by atoms with Gasteiger partial charge in [-0.2, -0.15) is 0 Å². The van der Waals surface area contributed by atoms with Crippen molar-refractivity contribution in [3.8, 4) is 0 Å². The summed E-state index contributed by atoms with van der Waals surface area (Å²) in [7, 11) is 2.77. The highest BCUT2D eigenvalue weighted by molar-refractivity contribution is 6.35. The van der Waals surface area contributed by atoms with E-state index >= 15 is 0 Å². The van der Waals surface area contributed by atoms with E-state index in [0.717, 1.165) is 5.56 Å². The lowest BCUT2D eigenvalue weighted by Gasteiger charge is -2.04. The molecule has 1 aliphatic carbocycles. The van der Waals surface area contributed by atoms with E-state index in [-0.39, 0.29) is 17.1 Å². The smallest absolute Gasteiger partial charge is 0.235 e. The summed E-state index contributed by atoms with van der Waals surface area (Å²) < 4.78 is 10.0. The van der Waals surface area contributed by atoms with Gasteiger partial charge in [-0.3, -0.25) is 9.59 Å². The van der Waals surface area contributed by atoms with Gasteiger partial charge >= 0.3 is 0 Å². The molecule has 0 fully saturated rings. The van der Waals surface area contributed by atoms with Gasteiger partial charge in [0.2, 0.25) is 5.78 Å². The van der Waals surface area contributed by atoms with Crippen molar-refractivity contribution < 1.29 is 19.1 Å². The van der Waals surface area contributed by atoms with Gasteiger partial charge in [-0.15, -0.1) is 0 Å². The predicted octanol–water partition coefficient (Wildman–Crippen LogP) is 2.28. The van der Waals surface area contributed by atoms with Crippen LogP contribution in [0.25, 0.3) is 6.08 Å². The minimum absolute atomic E-state index is 0.00321. The first-order valence-electron chi connectivity index (χ1n) is 6.03. The molecule has 0 amide bonds. The third-order valence-electron chi connectivity index (χ3n) is 2.87. The molecule has 2 rings (SSSR count). The SMILES string of the molecule is COC1=CC(=O)C(=C(/C=C/c2ccccc2)OC)C1=O. The number of hydrogen-bond acceptors (Lipinski definition) is 4. The molecule has 1 aromatic rings. The molecule has 20 heavy (non-hydrogen) atoms. The standard InChI is InChI=1S/C16H14O4/c1-19-13(9-8-11-6-4-3-5-7-11)15-12(17)10-14(20-2)16(15)18/h3-10H,1-2H3/b9-8+,15-13?. The van der Waals surface area contributed by atoms with Crippen molar-refractivity contribution in [1.29, 1.82) is 0 Å². The van der Waals surface area contributed by atoms with Crippen LogP contribution in [0.1, 0.15) is 5.56 Å². The first kappa shape index (κ1) is 13.8. The Hall–Kier alpha value is -2.62. The van der Waals surface area contributed by atoms with Gasteiger partial charge in [0.1, 0.15) is 11.3 Å². The average molecular weight is 270 g/mol. The molecule has 0 N–H and O–H groups in total. The van der Waals surface area contributed by atoms with Crippen LogP contribution in [0.2, 0.25) is 0 Å². The van der Waals surface area contributed by atoms with Gasteiger partial charge in [-0.05, 0) is 11.6 Å². The fourth-order valence-corrected chi connectivity index (χ4v) is 1.87. The third kappa shape index (κ3) is 2.69. The summed E-state index contributed by atoms with van der Waals surface area (Å²) in [6.45, 7) is 0. The lowest BCUT2D eigenvalue weighted by molar-refractivity contribution is -0.117. The van der Waals surface area contributed by atoms with E-state index in [1.807, 2.05) is 30.3 Å². The van der Waals surface area contributed by atoms with Crippen molar-refractivity contribution in [2.75, 3.05) is 14.2 Å². The van der Waals surface area contributed by atoms with E-state index in [1.165, 1.54) is 20.3 Å². The molecule has 0 aromatic heterocycles. The maximum absolute atomic E-state index is 12.0. The number of carbonyl (C=O) groups excluding carboxylic acids is 2. The highest BCUT2D eigenvalue weighted by Gasteiger charge is 2.32. The van der Waals surface area contributed by atoms with Crippen LogP contribution < -0.4 is 0 Å². The van der Waals surface area contributed by atoms with Crippen LogP contribution in [0.3, 0.4) is 0 Å². The van der Waals surface area contributed by atoms with Crippen LogP contribution in [-0.2, 0) is 19.1 Å². The molecule has 4 heteroatoms. The van der Waals surface area contributed by atoms with Crippen molar-refractivity contribution in [3.63, 3.8) is 0 Å². The zero-order valence-electron chi connectivity index (χ0n) is 11.3. The van der Waals surface area contributed by atoms with Crippen LogP contribution in [-0.4, -0.2) is 25.8 Å². The van der Waals surface area contributed by atoms with E-state index in [0.29, 0.717) is 0 Å². The van der Waals surface area contributed by atoms with Gasteiger partial charge in [0.15, 0.2) is 11.5 Å². The Morgan fingerprint density at radius 3 is 2.35 bits per heavy atom. The molecule has 0 aliphatic heterocycles. The molecule has 0 saturated heterocycles. The van der Waals surface area contributed by atoms with Crippen LogP contribution in [0, 0.1) is 0 Å². The fourth-order valence-electron chi connectivity index (χ4n) is 1.87. The van der Waals surface area contributed by atoms with Crippen LogP contribution >= 0.6 is 0 Å². The number of carbonyl (C=O) groups is 2. The highest BCUT2D eigenvalue weighted by atomic mass is 16.5. The number of ether oxygens (including phenoxy) is 2. The Morgan fingerprint density at radius 2 is 1.80 bits per heavy atom. The summed E-state index contributed by atoms with van der Waals surface area (Å²) in [6.07, 6.45) is 4.55. The topological polar surface area (TPSA) is 52.6 Å². The maximum Gasteiger partial charge on any atom is 0.235 e. The van der Waals surface area contributed by atoms with Crippen LogP contribution in [0.5, 0.6) is 0 Å². The Bertz CT molecular complexity index is 621. The molecule has 0 heterocycles. The van der Waals surface area contributed by atoms with E-state index in [4.69, 9.17) is 9.47 Å². The summed E-state index contributed by atoms with van der Waals surface area (Å²) in [5.41, 5.74) is 0.942. The van der Waals surface area contributed by atoms with Gasteiger partial charge < -0.3 is 9.47 Å². The quantitative estimate of drug-likeness (QED) is 0.478. The monoisotopic (exact) mass is 270 g/mol. The van der Waals surface area contributed by atoms with Crippen LogP contribution in [0.15, 0.2) is 59.6 Å². The largest absolute Gasteiger partial charge is 0.496 e. The number of benzene rings is 1. The second kappa shape index (κ2) is 6.02. The average Bonchev–Trinajstić information content (AvgIpc) is 2.76. The Balaban J connectivity index is 2.33. The molecule has 0 bridgehead atoms. The third-order valence-corrected chi connectivity index (χ3v) is 2.87. The van der Waals surface area contributed by atoms with Crippen molar-refractivity contribution in [3.05, 3.63) is 65.1 Å². The summed E-state index contributed by atoms with van der Waals surface area (Å²) in [4.78, 5) is 23.8. The zero-order chi connectivity index (χ0) is 14.5. The van der Waals surface area contributed by atoms with Gasteiger partial charge in [0.25, 0.3) is 0 Å². The fraction of sp³-hybridized carbons (Fsp3) is 0.125. The molecule has 0 unspecified atom stereocenters. The minimum Gasteiger partial charge on any atom is -0.496 e. The Kier molecular flexibility index (Phi) is 4.15. The van der Waals surface area contributed by atoms with E-state index in [9.17, 15) is 9.59 Å². The molecular formula is C16H14O4. The number of ketones is 2. The number of hydrogen-bond donors (Lipinski definition) is 0. The Labute approximate surface area is 117 Å². The molecule has 102 valence electrons. The summed E-state index contributed by atoms with van der Waals surface area (Å²) in [6, 6.07) is 9.52. The summed E-state index contributed by atoms with van der Waals surface area (Å²) in [5.74, 6) is -0.590. The molecule has 0 atom stereocenters. The van der Waals surface area contributed by atoms with Gasteiger partial charge in [-0.1, -0.05) is 36.4 Å². The lowest BCUT2D eigenvalue weighted by atomic mass is 10.1. The number of Topliss-reactive ketones (excluding diaryl/α,β-unsaturated/α-hetero) is 1. The highest BCUT2D eigenvalue weighted by Crippen LogP contribution is 2.22. The van der Waals surface area contributed by atoms with Crippen molar-refractivity contribution in [2.45, 2.75) is 0 Å². The predicted molar refractivity (Wildman–Crippen MR) is 74.6 cm³/mol. The number of methoxy groups -OCH3 is 2. The van der Waals surface area contributed by atoms with Crippen molar-refractivity contribution in [2.24, 2.45) is 0 Å². The normalized spacial score (nSPS) is 17.4. The van der Waals surface area contributed by atoms with E-state index in [2.05, 4.69) is 0 Å². The first-order valence-corrected chi connectivity index (χ1v) is 6.03. The molecule has 1 aliphatic rings. The number of rotatable bonds is 4. The first-order chi connectivity index (χ1) is 9.67. The molecule has 0 spiro atoms. The zero-order valence-corrected chi connectivity index (χ0v) is 11.3. The van der Waals surface area contributed by atoms with Crippen molar-refractivity contribution in [1.82, 2.24) is 0 Å². The second-order valence-electron chi connectivity index (χ2n) is 4.09. The molecule has 1 aromatic carbocycles. The van der Waals surface area contributed by atoms with Crippen LogP contribution in [0.4, 0.5) is 0 Å². The minimum atomic E-state index is -0.452. The molecular weight excluding hydrogens is 256 g/mol. The molecule has 4 nitrogen and oxygen atoms in total. The Morgan fingerprint density at radius 1 is 1.10 bits per heavy atom. The second-order valence-corrected chi connectivity index (χ2v) is 4.09. The molecule has 0 saturated carbocycles. The van der Waals surface area contributed by atoms with Gasteiger partial charge in [-0.25, -0.2) is 0 Å². The summed E-state index contributed by atoms with van der Waals surface area (Å²) in [5, 5.41) is 0. The van der Waals surface area contributed by atoms with E-state index in [1.54, 1.807) is 12.2 Å². The van der Waals surface area contributed by atoms with Gasteiger partial charge in [0.05, 0.1) is 14.2 Å². The van der Waals surface area contributed by atoms with E-state index < -0.39 is 11.6 Å².